The van der Waals surface area contributed by atoms with Gasteiger partial charge in [0.05, 0.1) is 12.6 Å². The molecule has 0 aliphatic carbocycles. The van der Waals surface area contributed by atoms with Crippen molar-refractivity contribution in [1.82, 2.24) is 10.3 Å². The summed E-state index contributed by atoms with van der Waals surface area (Å²) in [7, 11) is 1.97. The molecule has 1 aromatic carbocycles. The molecule has 1 heterocycles. The minimum atomic E-state index is 0.212. The van der Waals surface area contributed by atoms with Crippen molar-refractivity contribution in [2.24, 2.45) is 0 Å². The van der Waals surface area contributed by atoms with E-state index in [1.54, 1.807) is 0 Å². The highest BCUT2D eigenvalue weighted by Crippen LogP contribution is 2.23. The zero-order valence-electron chi connectivity index (χ0n) is 11.0. The molecule has 0 amide bonds. The Morgan fingerprint density at radius 3 is 3.00 bits per heavy atom. The zero-order valence-corrected chi connectivity index (χ0v) is 11.0. The molecule has 1 unspecified atom stereocenters. The van der Waals surface area contributed by atoms with Gasteiger partial charge in [-0.25, -0.2) is 0 Å². The van der Waals surface area contributed by atoms with E-state index in [0.29, 0.717) is 6.61 Å². The minimum absolute atomic E-state index is 0.212. The van der Waals surface area contributed by atoms with E-state index in [4.69, 9.17) is 4.74 Å². The van der Waals surface area contributed by atoms with Gasteiger partial charge in [0.25, 0.3) is 0 Å². The maximum atomic E-state index is 5.66. The van der Waals surface area contributed by atoms with Gasteiger partial charge in [-0.15, -0.1) is 0 Å². The highest BCUT2D eigenvalue weighted by atomic mass is 16.5. The number of hydrogen-bond acceptors (Lipinski definition) is 3. The van der Waals surface area contributed by atoms with Crippen molar-refractivity contribution < 1.29 is 4.74 Å². The van der Waals surface area contributed by atoms with E-state index >= 15 is 0 Å². The molecule has 0 bridgehead atoms. The molecule has 96 valence electrons. The first kappa shape index (κ1) is 13.0. The van der Waals surface area contributed by atoms with Gasteiger partial charge >= 0.3 is 0 Å². The fourth-order valence-corrected chi connectivity index (χ4v) is 2.11. The van der Waals surface area contributed by atoms with Crippen LogP contribution in [-0.4, -0.2) is 25.2 Å². The standard InChI is InChI=1S/C15H20N2O/c1-3-9-18-11-15(16-2)13-6-4-5-12-7-8-17-10-14(12)13/h4-8,10,15-16H,3,9,11H2,1-2H3. The second kappa shape index (κ2) is 6.47. The Morgan fingerprint density at radius 2 is 2.22 bits per heavy atom. The van der Waals surface area contributed by atoms with Crippen LogP contribution in [-0.2, 0) is 4.74 Å². The molecule has 1 N–H and O–H groups in total. The number of nitrogens with one attached hydrogen (secondary N) is 1. The number of aromatic nitrogens is 1. The van der Waals surface area contributed by atoms with Crippen molar-refractivity contribution in [2.45, 2.75) is 19.4 Å². The van der Waals surface area contributed by atoms with Crippen LogP contribution in [0.25, 0.3) is 10.8 Å². The SMILES string of the molecule is CCCOCC(NC)c1cccc2ccncc12. The van der Waals surface area contributed by atoms with Gasteiger partial charge in [-0.1, -0.05) is 25.1 Å². The summed E-state index contributed by atoms with van der Waals surface area (Å²) in [6.07, 6.45) is 4.80. The predicted molar refractivity (Wildman–Crippen MR) is 74.7 cm³/mol. The summed E-state index contributed by atoms with van der Waals surface area (Å²) in [5.41, 5.74) is 1.25. The third-order valence-electron chi connectivity index (χ3n) is 3.07. The fourth-order valence-electron chi connectivity index (χ4n) is 2.11. The van der Waals surface area contributed by atoms with E-state index < -0.39 is 0 Å². The molecule has 0 radical (unpaired) electrons. The van der Waals surface area contributed by atoms with E-state index in [1.165, 1.54) is 16.3 Å². The minimum Gasteiger partial charge on any atom is -0.379 e. The molecule has 0 aliphatic rings. The van der Waals surface area contributed by atoms with Gasteiger partial charge in [0, 0.05) is 24.4 Å². The van der Waals surface area contributed by atoms with E-state index in [9.17, 15) is 0 Å². The Bertz CT molecular complexity index is 493. The largest absolute Gasteiger partial charge is 0.379 e. The molecular formula is C15H20N2O. The summed E-state index contributed by atoms with van der Waals surface area (Å²) in [5.74, 6) is 0. The Morgan fingerprint density at radius 1 is 1.33 bits per heavy atom. The summed E-state index contributed by atoms with van der Waals surface area (Å²) in [6.45, 7) is 3.62. The Kier molecular flexibility index (Phi) is 4.67. The van der Waals surface area contributed by atoms with Crippen LogP contribution < -0.4 is 5.32 Å². The van der Waals surface area contributed by atoms with Gasteiger partial charge < -0.3 is 10.1 Å². The lowest BCUT2D eigenvalue weighted by atomic mass is 10.0. The number of nitrogens with zero attached hydrogens (tertiary/aromatic N) is 1. The molecule has 2 aromatic rings. The molecule has 0 saturated carbocycles. The Hall–Kier alpha value is -1.45. The van der Waals surface area contributed by atoms with E-state index in [-0.39, 0.29) is 6.04 Å². The maximum absolute atomic E-state index is 5.66. The Balaban J connectivity index is 2.27. The molecular weight excluding hydrogens is 224 g/mol. The second-order valence-electron chi connectivity index (χ2n) is 4.36. The van der Waals surface area contributed by atoms with Gasteiger partial charge in [0.15, 0.2) is 0 Å². The van der Waals surface area contributed by atoms with Crippen molar-refractivity contribution in [2.75, 3.05) is 20.3 Å². The summed E-state index contributed by atoms with van der Waals surface area (Å²) in [6, 6.07) is 8.59. The van der Waals surface area contributed by atoms with Gasteiger partial charge in [-0.3, -0.25) is 4.98 Å². The second-order valence-corrected chi connectivity index (χ2v) is 4.36. The lowest BCUT2D eigenvalue weighted by Gasteiger charge is -2.18. The van der Waals surface area contributed by atoms with Gasteiger partial charge in [0.2, 0.25) is 0 Å². The highest BCUT2D eigenvalue weighted by molar-refractivity contribution is 5.85. The number of pyridine rings is 1. The summed E-state index contributed by atoms with van der Waals surface area (Å²) < 4.78 is 5.66. The number of fused-ring (bicyclic) bond motifs is 1. The first-order valence-electron chi connectivity index (χ1n) is 6.44. The molecule has 3 heteroatoms. The molecule has 0 aliphatic heterocycles. The average Bonchev–Trinajstić information content (AvgIpc) is 2.43. The van der Waals surface area contributed by atoms with Crippen molar-refractivity contribution >= 4 is 10.8 Å². The van der Waals surface area contributed by atoms with Crippen LogP contribution in [0.4, 0.5) is 0 Å². The smallest absolute Gasteiger partial charge is 0.0661 e. The third kappa shape index (κ3) is 2.86. The monoisotopic (exact) mass is 244 g/mol. The molecule has 3 nitrogen and oxygen atoms in total. The molecule has 1 aromatic heterocycles. The fraction of sp³-hybridized carbons (Fsp3) is 0.400. The average molecular weight is 244 g/mol. The quantitative estimate of drug-likeness (QED) is 0.793. The topological polar surface area (TPSA) is 34.1 Å². The van der Waals surface area contributed by atoms with E-state index in [2.05, 4.69) is 35.4 Å². The van der Waals surface area contributed by atoms with Crippen LogP contribution >= 0.6 is 0 Å². The highest BCUT2D eigenvalue weighted by Gasteiger charge is 2.12. The number of rotatable bonds is 6. The summed E-state index contributed by atoms with van der Waals surface area (Å²) >= 11 is 0. The van der Waals surface area contributed by atoms with E-state index in [0.717, 1.165) is 13.0 Å². The third-order valence-corrected chi connectivity index (χ3v) is 3.07. The number of benzene rings is 1. The van der Waals surface area contributed by atoms with Crippen LogP contribution in [0.1, 0.15) is 24.9 Å². The molecule has 18 heavy (non-hydrogen) atoms. The predicted octanol–water partition coefficient (Wildman–Crippen LogP) is 2.92. The molecule has 0 fully saturated rings. The van der Waals surface area contributed by atoms with Crippen LogP contribution in [0.2, 0.25) is 0 Å². The Labute approximate surface area is 108 Å². The van der Waals surface area contributed by atoms with E-state index in [1.807, 2.05) is 25.5 Å². The van der Waals surface area contributed by atoms with Crippen molar-refractivity contribution in [3.63, 3.8) is 0 Å². The summed E-state index contributed by atoms with van der Waals surface area (Å²) in [5, 5.41) is 5.73. The summed E-state index contributed by atoms with van der Waals surface area (Å²) in [4.78, 5) is 4.22. The van der Waals surface area contributed by atoms with Crippen molar-refractivity contribution in [3.05, 3.63) is 42.2 Å². The first-order chi connectivity index (χ1) is 8.86. The first-order valence-corrected chi connectivity index (χ1v) is 6.44. The van der Waals surface area contributed by atoms with Gasteiger partial charge in [-0.05, 0) is 30.5 Å². The maximum Gasteiger partial charge on any atom is 0.0661 e. The lowest BCUT2D eigenvalue weighted by molar-refractivity contribution is 0.114. The van der Waals surface area contributed by atoms with Crippen LogP contribution in [0, 0.1) is 0 Å². The number of ether oxygens (including phenoxy) is 1. The molecule has 0 saturated heterocycles. The molecule has 2 rings (SSSR count). The van der Waals surface area contributed by atoms with Crippen LogP contribution in [0.15, 0.2) is 36.7 Å². The number of likely N-dealkylation sites (N-methyl/N-ethyl adjacent to an activating group) is 1. The van der Waals surface area contributed by atoms with Crippen molar-refractivity contribution in [1.29, 1.82) is 0 Å². The van der Waals surface area contributed by atoms with Crippen LogP contribution in [0.3, 0.4) is 0 Å². The molecule has 1 atom stereocenters. The van der Waals surface area contributed by atoms with Gasteiger partial charge in [0.1, 0.15) is 0 Å². The lowest BCUT2D eigenvalue weighted by Crippen LogP contribution is -2.22. The normalized spacial score (nSPS) is 12.8. The molecule has 0 spiro atoms. The number of hydrogen-bond donors (Lipinski definition) is 1. The zero-order chi connectivity index (χ0) is 12.8. The van der Waals surface area contributed by atoms with Crippen molar-refractivity contribution in [3.8, 4) is 0 Å². The van der Waals surface area contributed by atoms with Gasteiger partial charge in [-0.2, -0.15) is 0 Å². The van der Waals surface area contributed by atoms with Crippen LogP contribution in [0.5, 0.6) is 0 Å².